The zero-order valence-electron chi connectivity index (χ0n) is 36.1. The molecule has 0 aromatic rings. The van der Waals surface area contributed by atoms with Crippen molar-refractivity contribution in [3.8, 4) is 0 Å². The monoisotopic (exact) mass is 794 g/mol. The minimum Gasteiger partial charge on any atom is -0.388 e. The third kappa shape index (κ3) is 15.5. The number of aliphatic hydroxyl groups excluding tert-OH is 1. The number of aliphatic hydroxyl groups is 3. The third-order valence-corrected chi connectivity index (χ3v) is 10.3. The van der Waals surface area contributed by atoms with Crippen LogP contribution < -0.4 is 11.1 Å². The summed E-state index contributed by atoms with van der Waals surface area (Å²) >= 11 is 0. The number of nitrogens with zero attached hydrogens (tertiary/aromatic N) is 1. The van der Waals surface area contributed by atoms with Crippen LogP contribution in [0.1, 0.15) is 81.6 Å². The molecule has 0 spiro atoms. The van der Waals surface area contributed by atoms with Gasteiger partial charge in [-0.1, -0.05) is 116 Å². The number of hydrogen-bond acceptors (Lipinski definition) is 10. The summed E-state index contributed by atoms with van der Waals surface area (Å²) in [7, 11) is 3.79. The van der Waals surface area contributed by atoms with Crippen LogP contribution in [0.25, 0.3) is 0 Å². The fraction of sp³-hybridized carbons (Fsp3) is 0.587. The largest absolute Gasteiger partial charge is 0.388 e. The van der Waals surface area contributed by atoms with Gasteiger partial charge in [-0.05, 0) is 81.3 Å². The van der Waals surface area contributed by atoms with Gasteiger partial charge in [0.2, 0.25) is 5.91 Å². The summed E-state index contributed by atoms with van der Waals surface area (Å²) in [4.78, 5) is 15.2. The first-order valence-electron chi connectivity index (χ1n) is 20.2. The lowest BCUT2D eigenvalue weighted by Gasteiger charge is -2.48. The van der Waals surface area contributed by atoms with Gasteiger partial charge in [0.1, 0.15) is 23.9 Å². The number of hydrogen-bond donors (Lipinski definition) is 5. The zero-order valence-corrected chi connectivity index (χ0v) is 36.1. The molecule has 3 rings (SSSR count). The maximum absolute atomic E-state index is 13.3. The summed E-state index contributed by atoms with van der Waals surface area (Å²) in [5.74, 6) is 0.240. The molecule has 0 aliphatic carbocycles. The average Bonchev–Trinajstić information content (AvgIpc) is 3.09. The van der Waals surface area contributed by atoms with Crippen molar-refractivity contribution in [2.24, 2.45) is 11.7 Å². The number of likely N-dealkylation sites (N-methyl/N-ethyl adjacent to an activating group) is 1. The van der Waals surface area contributed by atoms with E-state index >= 15 is 0 Å². The van der Waals surface area contributed by atoms with Crippen LogP contribution in [0.3, 0.4) is 0 Å². The second-order valence-corrected chi connectivity index (χ2v) is 17.0. The number of rotatable bonds is 7. The molecule has 11 heteroatoms. The fourth-order valence-electron chi connectivity index (χ4n) is 7.34. The first kappa shape index (κ1) is 48.1. The Morgan fingerprint density at radius 3 is 2.32 bits per heavy atom. The number of ether oxygens (including phenoxy) is 4. The second kappa shape index (κ2) is 22.2. The molecule has 0 bridgehead atoms. The molecule has 57 heavy (non-hydrogen) atoms. The van der Waals surface area contributed by atoms with Crippen molar-refractivity contribution in [1.29, 1.82) is 0 Å². The number of carbonyl (C=O) groups is 1. The van der Waals surface area contributed by atoms with Gasteiger partial charge in [0.25, 0.3) is 0 Å². The van der Waals surface area contributed by atoms with E-state index in [1.807, 2.05) is 102 Å². The number of amides is 1. The molecule has 11 atom stereocenters. The molecule has 0 unspecified atom stereocenters. The number of carbonyl (C=O) groups excluding carboxylic acids is 1. The highest BCUT2D eigenvalue weighted by molar-refractivity contribution is 5.94. The van der Waals surface area contributed by atoms with Gasteiger partial charge in [-0.2, -0.15) is 0 Å². The van der Waals surface area contributed by atoms with E-state index in [0.717, 1.165) is 22.3 Å². The molecule has 0 saturated carbocycles. The Morgan fingerprint density at radius 2 is 1.65 bits per heavy atom. The summed E-state index contributed by atoms with van der Waals surface area (Å²) in [6, 6.07) is -1.28. The Hall–Kier alpha value is -3.23. The molecular formula is C46H71N3O8. The van der Waals surface area contributed by atoms with Gasteiger partial charge < -0.3 is 50.2 Å². The lowest BCUT2D eigenvalue weighted by molar-refractivity contribution is -0.310. The Balaban J connectivity index is 1.86. The highest BCUT2D eigenvalue weighted by Crippen LogP contribution is 2.34. The lowest BCUT2D eigenvalue weighted by atomic mass is 9.85. The second-order valence-electron chi connectivity index (χ2n) is 17.0. The van der Waals surface area contributed by atoms with Crippen LogP contribution in [-0.4, -0.2) is 113 Å². The third-order valence-electron chi connectivity index (χ3n) is 10.3. The van der Waals surface area contributed by atoms with E-state index in [1.165, 1.54) is 0 Å². The maximum atomic E-state index is 13.3. The van der Waals surface area contributed by atoms with Gasteiger partial charge in [0.15, 0.2) is 12.6 Å². The van der Waals surface area contributed by atoms with Crippen molar-refractivity contribution in [3.63, 3.8) is 0 Å². The summed E-state index contributed by atoms with van der Waals surface area (Å²) in [6.45, 7) is 17.4. The highest BCUT2D eigenvalue weighted by atomic mass is 16.7. The zero-order chi connectivity index (χ0) is 42.5. The van der Waals surface area contributed by atoms with Crippen molar-refractivity contribution in [1.82, 2.24) is 10.2 Å². The molecule has 0 radical (unpaired) electrons. The molecule has 3 aliphatic rings. The van der Waals surface area contributed by atoms with Gasteiger partial charge in [-0.15, -0.1) is 0 Å². The van der Waals surface area contributed by atoms with E-state index in [9.17, 15) is 20.1 Å². The number of nitrogens with one attached hydrogen (secondary N) is 1. The number of allylic oxidation sites excluding steroid dienone is 14. The molecule has 3 aliphatic heterocycles. The van der Waals surface area contributed by atoms with Gasteiger partial charge in [0, 0.05) is 18.0 Å². The molecule has 11 nitrogen and oxygen atoms in total. The van der Waals surface area contributed by atoms with Crippen LogP contribution in [0.15, 0.2) is 107 Å². The maximum Gasteiger partial charge on any atom is 0.247 e. The van der Waals surface area contributed by atoms with Gasteiger partial charge in [-0.25, -0.2) is 0 Å². The molecule has 1 amide bonds. The Kier molecular flexibility index (Phi) is 18.8. The van der Waals surface area contributed by atoms with Crippen LogP contribution in [-0.2, 0) is 23.7 Å². The first-order valence-corrected chi connectivity index (χ1v) is 20.2. The smallest absolute Gasteiger partial charge is 0.247 e. The van der Waals surface area contributed by atoms with Crippen LogP contribution in [0, 0.1) is 5.92 Å². The predicted molar refractivity (Wildman–Crippen MR) is 228 cm³/mol. The van der Waals surface area contributed by atoms with Crippen molar-refractivity contribution >= 4 is 5.91 Å². The summed E-state index contributed by atoms with van der Waals surface area (Å²) in [5, 5.41) is 37.4. The Labute approximate surface area is 342 Å². The Morgan fingerprint density at radius 1 is 0.965 bits per heavy atom. The summed E-state index contributed by atoms with van der Waals surface area (Å²) in [5.41, 5.74) is 7.63. The molecule has 0 aromatic carbocycles. The molecular weight excluding hydrogens is 723 g/mol. The van der Waals surface area contributed by atoms with E-state index in [4.69, 9.17) is 24.7 Å². The SMILES string of the molecule is CC1=C/C=C/C(C)=C/C[C@H](C)NC(=O)/C(CC(C)C)=C/C(C)=C/C=C/C=C/[C@@](C)(O)[C@@H](O[C@@H]2OC[C@@H](O[C@H]3C[C@@](C)(O)[C@H](N(C)C)[C@@H](C)O3)[C@H](O)[C@H]2N)/C=C\C=C1. The van der Waals surface area contributed by atoms with Gasteiger partial charge >= 0.3 is 0 Å². The molecule has 3 heterocycles. The quantitative estimate of drug-likeness (QED) is 0.212. The van der Waals surface area contributed by atoms with Crippen molar-refractivity contribution in [2.75, 3.05) is 20.7 Å². The van der Waals surface area contributed by atoms with Crippen LogP contribution in [0.5, 0.6) is 0 Å². The van der Waals surface area contributed by atoms with Crippen LogP contribution in [0.2, 0.25) is 0 Å². The lowest BCUT2D eigenvalue weighted by Crippen LogP contribution is -2.63. The van der Waals surface area contributed by atoms with Gasteiger partial charge in [-0.3, -0.25) is 4.79 Å². The fourth-order valence-corrected chi connectivity index (χ4v) is 7.34. The normalized spacial score (nSPS) is 40.6. The summed E-state index contributed by atoms with van der Waals surface area (Å²) in [6.07, 6.45) is 22.7. The van der Waals surface area contributed by atoms with E-state index in [0.29, 0.717) is 18.8 Å². The molecule has 2 saturated heterocycles. The highest BCUT2D eigenvalue weighted by Gasteiger charge is 2.48. The number of nitrogens with two attached hydrogens (primary N) is 1. The topological polar surface area (TPSA) is 156 Å². The molecule has 0 aromatic heterocycles. The Bertz CT molecular complexity index is 1600. The molecule has 318 valence electrons. The van der Waals surface area contributed by atoms with E-state index in [1.54, 1.807) is 44.2 Å². The van der Waals surface area contributed by atoms with E-state index in [2.05, 4.69) is 25.2 Å². The van der Waals surface area contributed by atoms with Crippen LogP contribution in [0.4, 0.5) is 0 Å². The average molecular weight is 794 g/mol. The minimum atomic E-state index is -1.53. The van der Waals surface area contributed by atoms with E-state index < -0.39 is 48.1 Å². The standard InChI is InChI=1S/C46H71N3O8/c1-30(2)26-36-27-33(5)19-13-12-16-25-45(8,52)38(22-15-14-18-31(3)20-17-21-32(4)23-24-34(6)48-43(36)51)57-44-40(47)41(50)37(29-54-44)56-39-28-46(9,53)42(49(10)11)35(7)55-39/h12-23,25,27,30,34-35,37-42,44,50,52-53H,24,26,28-29,47H2,1-11H3,(H,48,51)/b13-12+,18-14?,21-17+,22-15-,25-16+,31-20?,32-23+,33-19+,36-27+/t34-,35+,37+,38-,39-,40+,41-,42+,44-,45+,46+/m0/s1. The van der Waals surface area contributed by atoms with Crippen molar-refractivity contribution in [2.45, 2.75) is 148 Å². The van der Waals surface area contributed by atoms with Crippen molar-refractivity contribution < 1.29 is 39.1 Å². The first-order chi connectivity index (χ1) is 26.7. The van der Waals surface area contributed by atoms with E-state index in [-0.39, 0.29) is 37.1 Å². The summed E-state index contributed by atoms with van der Waals surface area (Å²) < 4.78 is 24.6. The predicted octanol–water partition coefficient (Wildman–Crippen LogP) is 5.87. The van der Waals surface area contributed by atoms with Crippen LogP contribution >= 0.6 is 0 Å². The molecule has 2 fully saturated rings. The van der Waals surface area contributed by atoms with Crippen molar-refractivity contribution in [3.05, 3.63) is 107 Å². The molecule has 6 N–H and O–H groups in total. The minimum absolute atomic E-state index is 0.0258. The van der Waals surface area contributed by atoms with Gasteiger partial charge in [0.05, 0.1) is 30.4 Å².